The molecule has 0 spiro atoms. The SMILES string of the molecule is NC(c1ccncc1)c1cccc2c1oc1ccccc12. The van der Waals surface area contributed by atoms with Gasteiger partial charge in [-0.05, 0) is 23.8 Å². The predicted octanol–water partition coefficient (Wildman–Crippen LogP) is 4.03. The molecule has 4 aromatic rings. The first-order chi connectivity index (χ1) is 10.3. The van der Waals surface area contributed by atoms with Crippen molar-refractivity contribution in [3.05, 3.63) is 78.1 Å². The molecule has 2 aromatic heterocycles. The van der Waals surface area contributed by atoms with E-state index in [2.05, 4.69) is 17.1 Å². The maximum atomic E-state index is 6.42. The van der Waals surface area contributed by atoms with Crippen LogP contribution in [0.3, 0.4) is 0 Å². The lowest BCUT2D eigenvalue weighted by Crippen LogP contribution is -2.11. The normalized spacial score (nSPS) is 12.8. The summed E-state index contributed by atoms with van der Waals surface area (Å²) in [5, 5.41) is 2.23. The molecular weight excluding hydrogens is 260 g/mol. The second kappa shape index (κ2) is 4.72. The molecule has 0 radical (unpaired) electrons. The van der Waals surface area contributed by atoms with Gasteiger partial charge in [-0.25, -0.2) is 0 Å². The summed E-state index contributed by atoms with van der Waals surface area (Å²) in [5.41, 5.74) is 10.2. The Labute approximate surface area is 122 Å². The van der Waals surface area contributed by atoms with Crippen LogP contribution >= 0.6 is 0 Å². The lowest BCUT2D eigenvalue weighted by Gasteiger charge is -2.12. The maximum Gasteiger partial charge on any atom is 0.140 e. The monoisotopic (exact) mass is 274 g/mol. The fraction of sp³-hybridized carbons (Fsp3) is 0.0556. The molecule has 21 heavy (non-hydrogen) atoms. The van der Waals surface area contributed by atoms with E-state index in [1.807, 2.05) is 42.5 Å². The van der Waals surface area contributed by atoms with E-state index in [9.17, 15) is 0 Å². The summed E-state index contributed by atoms with van der Waals surface area (Å²) in [6, 6.07) is 17.8. The Hall–Kier alpha value is -2.65. The van der Waals surface area contributed by atoms with Crippen LogP contribution in [0.1, 0.15) is 17.2 Å². The zero-order valence-corrected chi connectivity index (χ0v) is 11.4. The highest BCUT2D eigenvalue weighted by molar-refractivity contribution is 6.05. The fourth-order valence-corrected chi connectivity index (χ4v) is 2.76. The second-order valence-electron chi connectivity index (χ2n) is 5.08. The first kappa shape index (κ1) is 12.1. The van der Waals surface area contributed by atoms with Gasteiger partial charge in [0.2, 0.25) is 0 Å². The molecule has 0 amide bonds. The summed E-state index contributed by atoms with van der Waals surface area (Å²) >= 11 is 0. The standard InChI is InChI=1S/C18H14N2O/c19-17(12-8-10-20-11-9-12)15-6-3-5-14-13-4-1-2-7-16(13)21-18(14)15/h1-11,17H,19H2. The molecule has 0 saturated carbocycles. The number of nitrogens with two attached hydrogens (primary N) is 1. The Bertz CT molecular complexity index is 912. The number of fused-ring (bicyclic) bond motifs is 3. The smallest absolute Gasteiger partial charge is 0.140 e. The molecule has 3 heteroatoms. The van der Waals surface area contributed by atoms with Gasteiger partial charge < -0.3 is 10.2 Å². The van der Waals surface area contributed by atoms with Crippen LogP contribution in [0, 0.1) is 0 Å². The van der Waals surface area contributed by atoms with Gasteiger partial charge >= 0.3 is 0 Å². The zero-order chi connectivity index (χ0) is 14.2. The Kier molecular flexibility index (Phi) is 2.72. The number of furan rings is 1. The number of para-hydroxylation sites is 2. The molecule has 4 rings (SSSR count). The Morgan fingerprint density at radius 3 is 2.48 bits per heavy atom. The topological polar surface area (TPSA) is 52.0 Å². The van der Waals surface area contributed by atoms with Gasteiger partial charge in [-0.3, -0.25) is 4.98 Å². The van der Waals surface area contributed by atoms with E-state index >= 15 is 0 Å². The average molecular weight is 274 g/mol. The molecule has 0 fully saturated rings. The molecule has 2 aromatic carbocycles. The number of pyridine rings is 1. The third kappa shape index (κ3) is 1.90. The Morgan fingerprint density at radius 1 is 0.857 bits per heavy atom. The maximum absolute atomic E-state index is 6.42. The second-order valence-corrected chi connectivity index (χ2v) is 5.08. The Balaban J connectivity index is 1.97. The quantitative estimate of drug-likeness (QED) is 0.600. The van der Waals surface area contributed by atoms with Crippen LogP contribution in [0.4, 0.5) is 0 Å². The summed E-state index contributed by atoms with van der Waals surface area (Å²) in [5.74, 6) is 0. The minimum Gasteiger partial charge on any atom is -0.456 e. The summed E-state index contributed by atoms with van der Waals surface area (Å²) < 4.78 is 6.03. The van der Waals surface area contributed by atoms with E-state index in [0.717, 1.165) is 33.1 Å². The van der Waals surface area contributed by atoms with Gasteiger partial charge in [0.05, 0.1) is 6.04 Å². The van der Waals surface area contributed by atoms with Crippen molar-refractivity contribution in [1.29, 1.82) is 0 Å². The summed E-state index contributed by atoms with van der Waals surface area (Å²) in [4.78, 5) is 4.04. The van der Waals surface area contributed by atoms with Gasteiger partial charge in [0.25, 0.3) is 0 Å². The average Bonchev–Trinajstić information content (AvgIpc) is 2.94. The molecule has 0 aliphatic carbocycles. The van der Waals surface area contributed by atoms with Crippen LogP contribution in [0.15, 0.2) is 71.4 Å². The fourth-order valence-electron chi connectivity index (χ4n) is 2.76. The summed E-state index contributed by atoms with van der Waals surface area (Å²) in [6.45, 7) is 0. The van der Waals surface area contributed by atoms with Crippen molar-refractivity contribution >= 4 is 21.9 Å². The van der Waals surface area contributed by atoms with Gasteiger partial charge in [0.15, 0.2) is 0 Å². The van der Waals surface area contributed by atoms with Gasteiger partial charge in [0, 0.05) is 28.7 Å². The van der Waals surface area contributed by atoms with E-state index in [1.165, 1.54) is 0 Å². The summed E-state index contributed by atoms with van der Waals surface area (Å²) in [6.07, 6.45) is 3.52. The lowest BCUT2D eigenvalue weighted by molar-refractivity contribution is 0.657. The number of aromatic nitrogens is 1. The van der Waals surface area contributed by atoms with Crippen LogP contribution in [0.5, 0.6) is 0 Å². The first-order valence-corrected chi connectivity index (χ1v) is 6.90. The van der Waals surface area contributed by atoms with Crippen LogP contribution in [0.25, 0.3) is 21.9 Å². The molecule has 2 N–H and O–H groups in total. The van der Waals surface area contributed by atoms with E-state index in [1.54, 1.807) is 12.4 Å². The van der Waals surface area contributed by atoms with Crippen LogP contribution in [0.2, 0.25) is 0 Å². The molecule has 0 saturated heterocycles. The van der Waals surface area contributed by atoms with E-state index in [4.69, 9.17) is 10.2 Å². The third-order valence-corrected chi connectivity index (χ3v) is 3.84. The van der Waals surface area contributed by atoms with Gasteiger partial charge in [-0.15, -0.1) is 0 Å². The van der Waals surface area contributed by atoms with E-state index in [0.29, 0.717) is 0 Å². The molecule has 102 valence electrons. The molecule has 2 heterocycles. The van der Waals surface area contributed by atoms with Crippen molar-refractivity contribution in [1.82, 2.24) is 4.98 Å². The highest BCUT2D eigenvalue weighted by Gasteiger charge is 2.16. The minimum atomic E-state index is -0.225. The van der Waals surface area contributed by atoms with Crippen LogP contribution < -0.4 is 5.73 Å². The third-order valence-electron chi connectivity index (χ3n) is 3.84. The minimum absolute atomic E-state index is 0.225. The largest absolute Gasteiger partial charge is 0.456 e. The number of benzene rings is 2. The number of rotatable bonds is 2. The molecule has 0 bridgehead atoms. The number of hydrogen-bond acceptors (Lipinski definition) is 3. The van der Waals surface area contributed by atoms with Crippen molar-refractivity contribution in [2.24, 2.45) is 5.73 Å². The number of nitrogens with zero attached hydrogens (tertiary/aromatic N) is 1. The first-order valence-electron chi connectivity index (χ1n) is 6.90. The molecule has 1 unspecified atom stereocenters. The molecule has 0 aliphatic rings. The van der Waals surface area contributed by atoms with Crippen LogP contribution in [-0.2, 0) is 0 Å². The number of hydrogen-bond donors (Lipinski definition) is 1. The van der Waals surface area contributed by atoms with Crippen molar-refractivity contribution in [3.8, 4) is 0 Å². The molecule has 3 nitrogen and oxygen atoms in total. The van der Waals surface area contributed by atoms with Gasteiger partial charge in [-0.2, -0.15) is 0 Å². The van der Waals surface area contributed by atoms with Crippen molar-refractivity contribution in [2.75, 3.05) is 0 Å². The predicted molar refractivity (Wildman–Crippen MR) is 84.0 cm³/mol. The van der Waals surface area contributed by atoms with Crippen LogP contribution in [-0.4, -0.2) is 4.98 Å². The molecule has 0 aliphatic heterocycles. The van der Waals surface area contributed by atoms with Gasteiger partial charge in [0.1, 0.15) is 11.2 Å². The van der Waals surface area contributed by atoms with E-state index in [-0.39, 0.29) is 6.04 Å². The zero-order valence-electron chi connectivity index (χ0n) is 11.4. The highest BCUT2D eigenvalue weighted by Crippen LogP contribution is 2.34. The van der Waals surface area contributed by atoms with E-state index < -0.39 is 0 Å². The molecular formula is C18H14N2O. The van der Waals surface area contributed by atoms with Crippen molar-refractivity contribution in [3.63, 3.8) is 0 Å². The van der Waals surface area contributed by atoms with Crippen molar-refractivity contribution in [2.45, 2.75) is 6.04 Å². The highest BCUT2D eigenvalue weighted by atomic mass is 16.3. The van der Waals surface area contributed by atoms with Gasteiger partial charge in [-0.1, -0.05) is 36.4 Å². The molecule has 1 atom stereocenters. The lowest BCUT2D eigenvalue weighted by atomic mass is 9.98. The van der Waals surface area contributed by atoms with Crippen molar-refractivity contribution < 1.29 is 4.42 Å². The Morgan fingerprint density at radius 2 is 1.62 bits per heavy atom. The summed E-state index contributed by atoms with van der Waals surface area (Å²) in [7, 11) is 0.